The van der Waals surface area contributed by atoms with Gasteiger partial charge in [-0.05, 0) is 37.0 Å². The van der Waals surface area contributed by atoms with Gasteiger partial charge in [-0.15, -0.1) is 0 Å². The summed E-state index contributed by atoms with van der Waals surface area (Å²) >= 11 is 0. The SMILES string of the molecule is COC(C)(C)C1=CCc2ccccc21. The van der Waals surface area contributed by atoms with Crippen LogP contribution in [0.2, 0.25) is 0 Å². The minimum absolute atomic E-state index is 0.174. The van der Waals surface area contributed by atoms with Gasteiger partial charge in [-0.25, -0.2) is 0 Å². The molecule has 2 rings (SSSR count). The number of methoxy groups -OCH3 is 1. The van der Waals surface area contributed by atoms with E-state index in [1.54, 1.807) is 7.11 Å². The van der Waals surface area contributed by atoms with Crippen molar-refractivity contribution < 1.29 is 4.74 Å². The number of ether oxygens (including phenoxy) is 1. The van der Waals surface area contributed by atoms with Gasteiger partial charge in [0.25, 0.3) is 0 Å². The van der Waals surface area contributed by atoms with Gasteiger partial charge in [-0.2, -0.15) is 0 Å². The number of hydrogen-bond acceptors (Lipinski definition) is 1. The number of hydrogen-bond donors (Lipinski definition) is 0. The lowest BCUT2D eigenvalue weighted by atomic mass is 9.93. The molecule has 74 valence electrons. The Morgan fingerprint density at radius 1 is 1.21 bits per heavy atom. The van der Waals surface area contributed by atoms with Crippen molar-refractivity contribution in [2.75, 3.05) is 7.11 Å². The van der Waals surface area contributed by atoms with Crippen molar-refractivity contribution in [3.05, 3.63) is 41.5 Å². The standard InChI is InChI=1S/C13H16O/c1-13(2,14-3)12-9-8-10-6-4-5-7-11(10)12/h4-7,9H,8H2,1-3H3. The molecule has 0 fully saturated rings. The van der Waals surface area contributed by atoms with Gasteiger partial charge in [0.1, 0.15) is 0 Å². The molecule has 0 atom stereocenters. The van der Waals surface area contributed by atoms with Crippen molar-refractivity contribution in [1.29, 1.82) is 0 Å². The summed E-state index contributed by atoms with van der Waals surface area (Å²) < 4.78 is 5.51. The number of benzene rings is 1. The van der Waals surface area contributed by atoms with E-state index < -0.39 is 0 Å². The monoisotopic (exact) mass is 188 g/mol. The fourth-order valence-corrected chi connectivity index (χ4v) is 1.96. The highest BCUT2D eigenvalue weighted by Crippen LogP contribution is 2.36. The summed E-state index contributed by atoms with van der Waals surface area (Å²) in [6.07, 6.45) is 3.31. The van der Waals surface area contributed by atoms with E-state index in [4.69, 9.17) is 4.74 Å². The van der Waals surface area contributed by atoms with Crippen LogP contribution in [0.4, 0.5) is 0 Å². The van der Waals surface area contributed by atoms with Crippen LogP contribution in [0, 0.1) is 0 Å². The van der Waals surface area contributed by atoms with E-state index in [1.807, 2.05) is 0 Å². The largest absolute Gasteiger partial charge is 0.374 e. The predicted molar refractivity (Wildman–Crippen MR) is 59.2 cm³/mol. The Bertz CT molecular complexity index is 375. The Morgan fingerprint density at radius 2 is 1.93 bits per heavy atom. The molecule has 0 unspecified atom stereocenters. The molecule has 0 spiro atoms. The Labute approximate surface area is 85.4 Å². The molecule has 14 heavy (non-hydrogen) atoms. The normalized spacial score (nSPS) is 15.2. The highest BCUT2D eigenvalue weighted by atomic mass is 16.5. The molecule has 1 nitrogen and oxygen atoms in total. The molecule has 1 aliphatic rings. The summed E-state index contributed by atoms with van der Waals surface area (Å²) in [6.45, 7) is 4.22. The van der Waals surface area contributed by atoms with Crippen molar-refractivity contribution in [3.63, 3.8) is 0 Å². The zero-order valence-corrected chi connectivity index (χ0v) is 9.00. The molecule has 0 aromatic heterocycles. The first-order chi connectivity index (χ1) is 6.65. The lowest BCUT2D eigenvalue weighted by Crippen LogP contribution is -2.23. The molecular formula is C13H16O. The third-order valence-corrected chi connectivity index (χ3v) is 2.99. The fraction of sp³-hybridized carbons (Fsp3) is 0.385. The lowest BCUT2D eigenvalue weighted by molar-refractivity contribution is 0.0746. The maximum Gasteiger partial charge on any atom is 0.0874 e. The molecule has 1 aromatic carbocycles. The topological polar surface area (TPSA) is 9.23 Å². The molecule has 0 radical (unpaired) electrons. The van der Waals surface area contributed by atoms with Crippen LogP contribution in [-0.4, -0.2) is 12.7 Å². The molecule has 1 heteroatoms. The van der Waals surface area contributed by atoms with E-state index in [0.29, 0.717) is 0 Å². The van der Waals surface area contributed by atoms with E-state index >= 15 is 0 Å². The molecule has 0 saturated heterocycles. The number of allylic oxidation sites excluding steroid dienone is 1. The molecule has 1 aromatic rings. The lowest BCUT2D eigenvalue weighted by Gasteiger charge is -2.25. The van der Waals surface area contributed by atoms with Crippen molar-refractivity contribution in [3.8, 4) is 0 Å². The summed E-state index contributed by atoms with van der Waals surface area (Å²) in [5, 5.41) is 0. The van der Waals surface area contributed by atoms with Gasteiger partial charge in [-0.1, -0.05) is 30.3 Å². The Kier molecular flexibility index (Phi) is 2.20. The molecule has 0 heterocycles. The van der Waals surface area contributed by atoms with Crippen LogP contribution in [0.25, 0.3) is 5.57 Å². The van der Waals surface area contributed by atoms with Gasteiger partial charge < -0.3 is 4.74 Å². The average molecular weight is 188 g/mol. The van der Waals surface area contributed by atoms with Gasteiger partial charge in [-0.3, -0.25) is 0 Å². The van der Waals surface area contributed by atoms with Gasteiger partial charge in [0.15, 0.2) is 0 Å². The predicted octanol–water partition coefficient (Wildman–Crippen LogP) is 3.05. The third-order valence-electron chi connectivity index (χ3n) is 2.99. The first-order valence-electron chi connectivity index (χ1n) is 4.99. The first-order valence-corrected chi connectivity index (χ1v) is 4.99. The van der Waals surface area contributed by atoms with Crippen LogP contribution in [0.5, 0.6) is 0 Å². The Balaban J connectivity index is 2.43. The maximum absolute atomic E-state index is 5.51. The zero-order chi connectivity index (χ0) is 10.2. The highest BCUT2D eigenvalue weighted by molar-refractivity contribution is 5.77. The summed E-state index contributed by atoms with van der Waals surface area (Å²) in [5.74, 6) is 0. The highest BCUT2D eigenvalue weighted by Gasteiger charge is 2.27. The fourth-order valence-electron chi connectivity index (χ4n) is 1.96. The van der Waals surface area contributed by atoms with Crippen molar-refractivity contribution in [2.24, 2.45) is 0 Å². The molecule has 0 saturated carbocycles. The maximum atomic E-state index is 5.51. The minimum atomic E-state index is -0.174. The first kappa shape index (κ1) is 9.47. The van der Waals surface area contributed by atoms with Crippen LogP contribution in [0.1, 0.15) is 25.0 Å². The van der Waals surface area contributed by atoms with Gasteiger partial charge in [0, 0.05) is 7.11 Å². The van der Waals surface area contributed by atoms with Crippen LogP contribution < -0.4 is 0 Å². The average Bonchev–Trinajstić information content (AvgIpc) is 2.61. The zero-order valence-electron chi connectivity index (χ0n) is 9.00. The van der Waals surface area contributed by atoms with E-state index in [-0.39, 0.29) is 5.60 Å². The van der Waals surface area contributed by atoms with Crippen LogP contribution in [-0.2, 0) is 11.2 Å². The second kappa shape index (κ2) is 3.25. The quantitative estimate of drug-likeness (QED) is 0.693. The number of fused-ring (bicyclic) bond motifs is 1. The molecule has 0 aliphatic heterocycles. The molecule has 0 amide bonds. The van der Waals surface area contributed by atoms with Gasteiger partial charge in [0.2, 0.25) is 0 Å². The van der Waals surface area contributed by atoms with Gasteiger partial charge in [0.05, 0.1) is 5.60 Å². The smallest absolute Gasteiger partial charge is 0.0874 e. The second-order valence-corrected chi connectivity index (χ2v) is 4.19. The summed E-state index contributed by atoms with van der Waals surface area (Å²) in [7, 11) is 1.77. The van der Waals surface area contributed by atoms with E-state index in [9.17, 15) is 0 Å². The molecule has 0 N–H and O–H groups in total. The van der Waals surface area contributed by atoms with E-state index in [0.717, 1.165) is 6.42 Å². The molecule has 1 aliphatic carbocycles. The summed E-state index contributed by atoms with van der Waals surface area (Å²) in [4.78, 5) is 0. The van der Waals surface area contributed by atoms with E-state index in [2.05, 4.69) is 44.2 Å². The van der Waals surface area contributed by atoms with Crippen LogP contribution >= 0.6 is 0 Å². The summed E-state index contributed by atoms with van der Waals surface area (Å²) in [6, 6.07) is 8.54. The molecular weight excluding hydrogens is 172 g/mol. The van der Waals surface area contributed by atoms with Crippen LogP contribution in [0.15, 0.2) is 30.3 Å². The van der Waals surface area contributed by atoms with Crippen molar-refractivity contribution in [2.45, 2.75) is 25.9 Å². The summed E-state index contributed by atoms with van der Waals surface area (Å²) in [5.41, 5.74) is 3.90. The second-order valence-electron chi connectivity index (χ2n) is 4.19. The van der Waals surface area contributed by atoms with Crippen molar-refractivity contribution >= 4 is 5.57 Å². The van der Waals surface area contributed by atoms with E-state index in [1.165, 1.54) is 16.7 Å². The van der Waals surface area contributed by atoms with Crippen LogP contribution in [0.3, 0.4) is 0 Å². The number of rotatable bonds is 2. The Morgan fingerprint density at radius 3 is 2.64 bits per heavy atom. The van der Waals surface area contributed by atoms with Crippen molar-refractivity contribution in [1.82, 2.24) is 0 Å². The minimum Gasteiger partial charge on any atom is -0.374 e. The third kappa shape index (κ3) is 1.38. The molecule has 0 bridgehead atoms. The Hall–Kier alpha value is -1.08. The van der Waals surface area contributed by atoms with Gasteiger partial charge >= 0.3 is 0 Å².